The zero-order valence-electron chi connectivity index (χ0n) is 13.2. The van der Waals surface area contributed by atoms with Gasteiger partial charge in [0, 0.05) is 12.3 Å². The second-order valence-corrected chi connectivity index (χ2v) is 5.75. The molecule has 0 amide bonds. The fraction of sp³-hybridized carbons (Fsp3) is 0.167. The highest BCUT2D eigenvalue weighted by Gasteiger charge is 2.29. The van der Waals surface area contributed by atoms with Crippen LogP contribution in [0.3, 0.4) is 0 Å². The van der Waals surface area contributed by atoms with Gasteiger partial charge in [-0.05, 0) is 38.0 Å². The van der Waals surface area contributed by atoms with E-state index in [1.54, 1.807) is 12.4 Å². The van der Waals surface area contributed by atoms with Gasteiger partial charge < -0.3 is 9.64 Å². The molecule has 0 fully saturated rings. The van der Waals surface area contributed by atoms with Crippen LogP contribution in [-0.4, -0.2) is 15.2 Å². The van der Waals surface area contributed by atoms with Crippen LogP contribution >= 0.6 is 0 Å². The van der Waals surface area contributed by atoms with Crippen LogP contribution in [0.15, 0.2) is 42.9 Å². The highest BCUT2D eigenvalue weighted by atomic mass is 16.5. The van der Waals surface area contributed by atoms with Crippen LogP contribution in [-0.2, 0) is 0 Å². The van der Waals surface area contributed by atoms with Crippen LogP contribution in [0, 0.1) is 20.8 Å². The molecule has 23 heavy (non-hydrogen) atoms. The van der Waals surface area contributed by atoms with Crippen molar-refractivity contribution in [3.63, 3.8) is 0 Å². The van der Waals surface area contributed by atoms with Gasteiger partial charge in [-0.2, -0.15) is 5.10 Å². The molecule has 0 aliphatic carbocycles. The van der Waals surface area contributed by atoms with Crippen molar-refractivity contribution in [3.8, 4) is 11.6 Å². The second kappa shape index (κ2) is 5.05. The van der Waals surface area contributed by atoms with Crippen molar-refractivity contribution in [2.75, 3.05) is 4.90 Å². The Kier molecular flexibility index (Phi) is 3.01. The molecule has 0 N–H and O–H groups in total. The summed E-state index contributed by atoms with van der Waals surface area (Å²) in [6, 6.07) is 8.13. The molecule has 0 radical (unpaired) electrons. The Morgan fingerprint density at radius 2 is 1.74 bits per heavy atom. The van der Waals surface area contributed by atoms with Crippen molar-refractivity contribution in [3.05, 3.63) is 59.5 Å². The molecule has 5 heteroatoms. The third-order valence-corrected chi connectivity index (χ3v) is 3.98. The van der Waals surface area contributed by atoms with E-state index < -0.39 is 0 Å². The number of hydrogen-bond donors (Lipinski definition) is 0. The summed E-state index contributed by atoms with van der Waals surface area (Å²) in [5.74, 6) is 1.23. The molecule has 3 heterocycles. The molecule has 1 aliphatic heterocycles. The lowest BCUT2D eigenvalue weighted by Gasteiger charge is -2.33. The predicted molar refractivity (Wildman–Crippen MR) is 88.8 cm³/mol. The average molecular weight is 304 g/mol. The summed E-state index contributed by atoms with van der Waals surface area (Å²) in [7, 11) is 0. The Bertz CT molecular complexity index is 839. The van der Waals surface area contributed by atoms with Gasteiger partial charge in [-0.25, -0.2) is 0 Å². The van der Waals surface area contributed by atoms with Gasteiger partial charge in [0.1, 0.15) is 11.4 Å². The summed E-state index contributed by atoms with van der Waals surface area (Å²) in [6.45, 7) is 6.35. The van der Waals surface area contributed by atoms with E-state index >= 15 is 0 Å². The lowest BCUT2D eigenvalue weighted by molar-refractivity contribution is 0.449. The largest absolute Gasteiger partial charge is 0.434 e. The first-order chi connectivity index (χ1) is 11.1. The monoisotopic (exact) mass is 304 g/mol. The second-order valence-electron chi connectivity index (χ2n) is 5.75. The number of aromatic nitrogens is 3. The van der Waals surface area contributed by atoms with E-state index in [2.05, 4.69) is 53.0 Å². The van der Waals surface area contributed by atoms with Crippen molar-refractivity contribution in [1.82, 2.24) is 15.2 Å². The van der Waals surface area contributed by atoms with E-state index in [1.165, 1.54) is 16.7 Å². The minimum atomic E-state index is 0.505. The molecule has 2 aromatic heterocycles. The fourth-order valence-corrected chi connectivity index (χ4v) is 3.18. The van der Waals surface area contributed by atoms with E-state index in [0.29, 0.717) is 5.88 Å². The number of aryl methyl sites for hydroxylation is 3. The Balaban J connectivity index is 2.02. The highest BCUT2D eigenvalue weighted by molar-refractivity contribution is 5.87. The van der Waals surface area contributed by atoms with Gasteiger partial charge in [0.05, 0.1) is 18.1 Å². The molecule has 0 bridgehead atoms. The number of hydrogen-bond acceptors (Lipinski definition) is 5. The smallest absolute Gasteiger partial charge is 0.263 e. The van der Waals surface area contributed by atoms with Crippen LogP contribution in [0.1, 0.15) is 16.7 Å². The Hall–Kier alpha value is -2.95. The fourth-order valence-electron chi connectivity index (χ4n) is 3.18. The van der Waals surface area contributed by atoms with Gasteiger partial charge in [0.25, 0.3) is 5.88 Å². The summed E-state index contributed by atoms with van der Waals surface area (Å²) >= 11 is 0. The lowest BCUT2D eigenvalue weighted by Crippen LogP contribution is -2.19. The lowest BCUT2D eigenvalue weighted by atomic mass is 10.0. The van der Waals surface area contributed by atoms with Crippen LogP contribution in [0.2, 0.25) is 0 Å². The summed E-state index contributed by atoms with van der Waals surface area (Å²) in [5.41, 5.74) is 6.54. The molecule has 0 unspecified atom stereocenters. The third kappa shape index (κ3) is 2.12. The maximum Gasteiger partial charge on any atom is 0.263 e. The quantitative estimate of drug-likeness (QED) is 0.522. The molecule has 0 saturated carbocycles. The summed E-state index contributed by atoms with van der Waals surface area (Å²) in [5, 5.41) is 8.08. The van der Waals surface area contributed by atoms with Crippen molar-refractivity contribution in [2.45, 2.75) is 20.8 Å². The molecule has 114 valence electrons. The van der Waals surface area contributed by atoms with Crippen molar-refractivity contribution >= 4 is 17.1 Å². The number of benzene rings is 1. The standard InChI is InChI=1S/C18H16N4O/c1-11-8-12(2)17(13(3)9-11)22-14-4-7-20-21-18(14)23-16-5-6-19-10-15(16)22/h4-10H,1-3H3. The first-order valence-corrected chi connectivity index (χ1v) is 7.46. The predicted octanol–water partition coefficient (Wildman–Crippen LogP) is 4.37. The zero-order valence-corrected chi connectivity index (χ0v) is 13.2. The SMILES string of the molecule is Cc1cc(C)c(N2c3cnccc3Oc3nnccc32)c(C)c1. The van der Waals surface area contributed by atoms with Crippen LogP contribution < -0.4 is 9.64 Å². The third-order valence-electron chi connectivity index (χ3n) is 3.98. The Labute approximate surface area is 134 Å². The topological polar surface area (TPSA) is 51.1 Å². The Morgan fingerprint density at radius 1 is 0.957 bits per heavy atom. The van der Waals surface area contributed by atoms with Crippen LogP contribution in [0.4, 0.5) is 17.1 Å². The number of fused-ring (bicyclic) bond motifs is 2. The minimum Gasteiger partial charge on any atom is -0.434 e. The molecule has 5 nitrogen and oxygen atoms in total. The zero-order chi connectivity index (χ0) is 16.0. The molecule has 4 rings (SSSR count). The van der Waals surface area contributed by atoms with Gasteiger partial charge in [0.2, 0.25) is 0 Å². The number of anilines is 3. The first kappa shape index (κ1) is 13.7. The molecule has 1 aromatic carbocycles. The van der Waals surface area contributed by atoms with E-state index in [-0.39, 0.29) is 0 Å². The van der Waals surface area contributed by atoms with E-state index in [4.69, 9.17) is 4.74 Å². The summed E-state index contributed by atoms with van der Waals surface area (Å²) in [6.07, 6.45) is 5.21. The number of ether oxygens (including phenoxy) is 1. The van der Waals surface area contributed by atoms with Gasteiger partial charge in [-0.3, -0.25) is 4.98 Å². The molecular formula is C18H16N4O. The normalized spacial score (nSPS) is 12.4. The highest BCUT2D eigenvalue weighted by Crippen LogP contribution is 2.50. The number of rotatable bonds is 1. The maximum atomic E-state index is 5.88. The molecular weight excluding hydrogens is 288 g/mol. The first-order valence-electron chi connectivity index (χ1n) is 7.46. The minimum absolute atomic E-state index is 0.505. The molecule has 0 spiro atoms. The van der Waals surface area contributed by atoms with Crippen molar-refractivity contribution in [2.24, 2.45) is 0 Å². The van der Waals surface area contributed by atoms with E-state index in [1.807, 2.05) is 18.3 Å². The molecule has 0 atom stereocenters. The van der Waals surface area contributed by atoms with Crippen LogP contribution in [0.5, 0.6) is 11.6 Å². The average Bonchev–Trinajstić information content (AvgIpc) is 2.53. The van der Waals surface area contributed by atoms with Crippen molar-refractivity contribution in [1.29, 1.82) is 0 Å². The molecule has 0 saturated heterocycles. The van der Waals surface area contributed by atoms with E-state index in [9.17, 15) is 0 Å². The molecule has 1 aliphatic rings. The van der Waals surface area contributed by atoms with Gasteiger partial charge in [-0.15, -0.1) is 5.10 Å². The Morgan fingerprint density at radius 3 is 2.52 bits per heavy atom. The van der Waals surface area contributed by atoms with Crippen LogP contribution in [0.25, 0.3) is 0 Å². The van der Waals surface area contributed by atoms with Crippen molar-refractivity contribution < 1.29 is 4.74 Å². The van der Waals surface area contributed by atoms with Gasteiger partial charge in [0.15, 0.2) is 5.75 Å². The van der Waals surface area contributed by atoms with Gasteiger partial charge >= 0.3 is 0 Å². The van der Waals surface area contributed by atoms with E-state index in [0.717, 1.165) is 22.8 Å². The van der Waals surface area contributed by atoms with Gasteiger partial charge in [-0.1, -0.05) is 17.7 Å². The maximum absolute atomic E-state index is 5.88. The number of nitrogens with zero attached hydrogens (tertiary/aromatic N) is 4. The summed E-state index contributed by atoms with van der Waals surface area (Å²) < 4.78 is 5.88. The molecule has 3 aromatic rings. The summed E-state index contributed by atoms with van der Waals surface area (Å²) in [4.78, 5) is 6.42. The number of pyridine rings is 1.